The Balaban J connectivity index is 0.000000261. The molecule has 50 heavy (non-hydrogen) atoms. The summed E-state index contributed by atoms with van der Waals surface area (Å²) in [6, 6.07) is 2.70. The van der Waals surface area contributed by atoms with Crippen molar-refractivity contribution in [1.29, 1.82) is 0 Å². The van der Waals surface area contributed by atoms with Crippen LogP contribution in [0.2, 0.25) is 5.02 Å². The third kappa shape index (κ3) is 6.74. The van der Waals surface area contributed by atoms with Gasteiger partial charge < -0.3 is 29.5 Å². The van der Waals surface area contributed by atoms with Gasteiger partial charge in [-0.2, -0.15) is 22.7 Å². The van der Waals surface area contributed by atoms with Crippen molar-refractivity contribution < 1.29 is 32.6 Å². The molecule has 3 aliphatic heterocycles. The van der Waals surface area contributed by atoms with E-state index in [0.29, 0.717) is 68.8 Å². The normalized spacial score (nSPS) is 17.6. The molecule has 0 bridgehead atoms. The van der Waals surface area contributed by atoms with E-state index in [1.165, 1.54) is 10.8 Å². The first kappa shape index (κ1) is 34.8. The van der Waals surface area contributed by atoms with E-state index in [2.05, 4.69) is 36.8 Å². The minimum absolute atomic E-state index is 0.00418. The number of aromatic hydroxyl groups is 1. The van der Waals surface area contributed by atoms with E-state index in [0.717, 1.165) is 48.9 Å². The number of fused-ring (bicyclic) bond motifs is 3. The summed E-state index contributed by atoms with van der Waals surface area (Å²) in [4.78, 5) is 53.2. The minimum Gasteiger partial charge on any atom is -0.504 e. The SMILES string of the molecule is Cc1ncnc(C(=O)N2CCN(c3c4n(c5nc(C6=CCOCC6)nn5c3=O)CCC4C)CC2)c1O.O=CNc1ccc(C(F)(F)F)cc1Cl. The van der Waals surface area contributed by atoms with Crippen molar-refractivity contribution in [3.05, 3.63) is 74.4 Å². The number of ether oxygens (including phenoxy) is 1. The summed E-state index contributed by atoms with van der Waals surface area (Å²) < 4.78 is 45.4. The van der Waals surface area contributed by atoms with Gasteiger partial charge in [-0.1, -0.05) is 24.6 Å². The molecule has 0 aliphatic carbocycles. The van der Waals surface area contributed by atoms with Gasteiger partial charge in [-0.05, 0) is 43.5 Å². The fourth-order valence-electron chi connectivity index (χ4n) is 6.18. The second kappa shape index (κ2) is 14.1. The molecule has 14 nitrogen and oxygen atoms in total. The monoisotopic (exact) mass is 715 g/mol. The number of anilines is 2. The number of rotatable bonds is 5. The van der Waals surface area contributed by atoms with Gasteiger partial charge in [0, 0.05) is 38.6 Å². The zero-order chi connectivity index (χ0) is 35.7. The Morgan fingerprint density at radius 1 is 1.16 bits per heavy atom. The predicted octanol–water partition coefficient (Wildman–Crippen LogP) is 3.90. The molecule has 1 unspecified atom stereocenters. The highest BCUT2D eigenvalue weighted by Gasteiger charge is 2.34. The van der Waals surface area contributed by atoms with Crippen LogP contribution in [0.25, 0.3) is 11.4 Å². The van der Waals surface area contributed by atoms with Gasteiger partial charge in [0.15, 0.2) is 17.3 Å². The molecule has 1 atom stereocenters. The molecule has 3 aromatic heterocycles. The number of benzene rings is 1. The Labute approximate surface area is 288 Å². The first-order valence-corrected chi connectivity index (χ1v) is 16.2. The summed E-state index contributed by atoms with van der Waals surface area (Å²) in [6.07, 6.45) is 0.818. The fourth-order valence-corrected chi connectivity index (χ4v) is 6.42. The predicted molar refractivity (Wildman–Crippen MR) is 176 cm³/mol. The molecule has 0 saturated carbocycles. The van der Waals surface area contributed by atoms with Crippen LogP contribution in [0.3, 0.4) is 0 Å². The van der Waals surface area contributed by atoms with Gasteiger partial charge in [-0.3, -0.25) is 14.4 Å². The van der Waals surface area contributed by atoms with Gasteiger partial charge in [0.05, 0.1) is 40.9 Å². The van der Waals surface area contributed by atoms with E-state index in [-0.39, 0.29) is 39.5 Å². The summed E-state index contributed by atoms with van der Waals surface area (Å²) in [5.41, 5.74) is 2.11. The summed E-state index contributed by atoms with van der Waals surface area (Å²) in [7, 11) is 0. The number of aromatic nitrogens is 6. The standard InChI is InChI=1S/C24H28N8O4.C8H5ClF3NO/c1-14-3-6-31-18(14)19(23(35)32-24(31)27-21(28-32)16-4-11-36-12-5-16)29-7-9-30(10-8-29)22(34)17-20(33)15(2)25-13-26-17;9-6-3-5(8(10,11)12)1-2-7(6)13-4-14/h4,13-14,33H,3,5-12H2,1-2H3;1-4H,(H,13,14). The first-order valence-electron chi connectivity index (χ1n) is 15.8. The maximum Gasteiger partial charge on any atom is 0.416 e. The molecule has 0 radical (unpaired) electrons. The number of aryl methyl sites for hydroxylation is 2. The number of carbonyl (C=O) groups excluding carboxylic acids is 2. The van der Waals surface area contributed by atoms with Crippen molar-refractivity contribution in [3.63, 3.8) is 0 Å². The third-order valence-electron chi connectivity index (χ3n) is 8.86. The molecule has 1 fully saturated rings. The summed E-state index contributed by atoms with van der Waals surface area (Å²) in [5, 5.41) is 16.9. The lowest BCUT2D eigenvalue weighted by Crippen LogP contribution is -2.51. The van der Waals surface area contributed by atoms with Crippen LogP contribution in [-0.4, -0.2) is 90.8 Å². The van der Waals surface area contributed by atoms with Crippen molar-refractivity contribution in [2.24, 2.45) is 0 Å². The van der Waals surface area contributed by atoms with E-state index < -0.39 is 11.7 Å². The molecule has 1 saturated heterocycles. The third-order valence-corrected chi connectivity index (χ3v) is 9.18. The zero-order valence-electron chi connectivity index (χ0n) is 27.1. The maximum absolute atomic E-state index is 13.8. The van der Waals surface area contributed by atoms with E-state index in [9.17, 15) is 32.7 Å². The lowest BCUT2D eigenvalue weighted by atomic mass is 10.1. The smallest absolute Gasteiger partial charge is 0.416 e. The molecule has 18 heteroatoms. The Morgan fingerprint density at radius 3 is 2.58 bits per heavy atom. The number of carbonyl (C=O) groups is 2. The van der Waals surface area contributed by atoms with Crippen LogP contribution in [0.15, 0.2) is 35.4 Å². The van der Waals surface area contributed by atoms with E-state index in [4.69, 9.17) is 21.3 Å². The summed E-state index contributed by atoms with van der Waals surface area (Å²) >= 11 is 5.49. The summed E-state index contributed by atoms with van der Waals surface area (Å²) in [6.45, 7) is 7.47. The van der Waals surface area contributed by atoms with Crippen LogP contribution in [0.5, 0.6) is 5.75 Å². The minimum atomic E-state index is -4.43. The average Bonchev–Trinajstić information content (AvgIpc) is 3.72. The molecule has 0 spiro atoms. The molecular formula is C32H33ClF3N9O5. The summed E-state index contributed by atoms with van der Waals surface area (Å²) in [5.74, 6) is 0.836. The first-order chi connectivity index (χ1) is 23.9. The van der Waals surface area contributed by atoms with Crippen molar-refractivity contribution in [3.8, 4) is 5.75 Å². The van der Waals surface area contributed by atoms with Gasteiger partial charge in [-0.25, -0.2) is 9.97 Å². The van der Waals surface area contributed by atoms with Gasteiger partial charge in [0.25, 0.3) is 11.5 Å². The Kier molecular flexibility index (Phi) is 9.80. The van der Waals surface area contributed by atoms with Gasteiger partial charge in [0.1, 0.15) is 12.0 Å². The van der Waals surface area contributed by atoms with Crippen molar-refractivity contribution in [2.45, 2.75) is 45.3 Å². The highest BCUT2D eigenvalue weighted by Crippen LogP contribution is 2.36. The molecule has 3 aliphatic rings. The van der Waals surface area contributed by atoms with E-state index in [1.807, 2.05) is 6.08 Å². The van der Waals surface area contributed by atoms with Gasteiger partial charge in [0.2, 0.25) is 12.2 Å². The number of amides is 2. The Morgan fingerprint density at radius 2 is 1.92 bits per heavy atom. The quantitative estimate of drug-likeness (QED) is 0.290. The van der Waals surface area contributed by atoms with E-state index >= 15 is 0 Å². The molecule has 1 aromatic carbocycles. The van der Waals surface area contributed by atoms with Crippen LogP contribution in [0, 0.1) is 6.92 Å². The Bertz CT molecular complexity index is 2040. The van der Waals surface area contributed by atoms with Crippen LogP contribution in [0.1, 0.15) is 58.9 Å². The van der Waals surface area contributed by atoms with Crippen LogP contribution in [0.4, 0.5) is 24.5 Å². The number of nitrogens with one attached hydrogen (secondary N) is 1. The highest BCUT2D eigenvalue weighted by atomic mass is 35.5. The number of piperazine rings is 1. The highest BCUT2D eigenvalue weighted by molar-refractivity contribution is 6.33. The molecule has 4 aromatic rings. The number of halogens is 4. The van der Waals surface area contributed by atoms with Gasteiger partial charge in [-0.15, -0.1) is 5.10 Å². The topological polar surface area (TPSA) is 160 Å². The fraction of sp³-hybridized carbons (Fsp3) is 0.406. The van der Waals surface area contributed by atoms with Gasteiger partial charge >= 0.3 is 6.18 Å². The van der Waals surface area contributed by atoms with E-state index in [1.54, 1.807) is 11.8 Å². The van der Waals surface area contributed by atoms with Crippen molar-refractivity contribution >= 4 is 46.6 Å². The van der Waals surface area contributed by atoms with Crippen LogP contribution >= 0.6 is 11.6 Å². The molecule has 264 valence electrons. The maximum atomic E-state index is 13.8. The van der Waals surface area contributed by atoms with Crippen LogP contribution < -0.4 is 15.8 Å². The van der Waals surface area contributed by atoms with Crippen molar-refractivity contribution in [2.75, 3.05) is 49.6 Å². The van der Waals surface area contributed by atoms with Crippen LogP contribution in [-0.2, 0) is 22.3 Å². The lowest BCUT2D eigenvalue weighted by molar-refractivity contribution is -0.137. The molecule has 7 rings (SSSR count). The number of hydrogen-bond acceptors (Lipinski definition) is 10. The Hall–Kier alpha value is -5.03. The largest absolute Gasteiger partial charge is 0.504 e. The number of nitrogens with zero attached hydrogens (tertiary/aromatic N) is 8. The number of hydrogen-bond donors (Lipinski definition) is 2. The molecule has 2 N–H and O–H groups in total. The second-order valence-corrected chi connectivity index (χ2v) is 12.4. The lowest BCUT2D eigenvalue weighted by Gasteiger charge is -2.36. The average molecular weight is 716 g/mol. The van der Waals surface area contributed by atoms with Crippen molar-refractivity contribution in [1.82, 2.24) is 34.0 Å². The number of alkyl halides is 3. The molecular weight excluding hydrogens is 683 g/mol. The zero-order valence-corrected chi connectivity index (χ0v) is 27.8. The second-order valence-electron chi connectivity index (χ2n) is 12.0. The molecule has 6 heterocycles. The molecule has 2 amide bonds.